The summed E-state index contributed by atoms with van der Waals surface area (Å²) in [5.41, 5.74) is 0.994. The minimum absolute atomic E-state index is 0.0162. The summed E-state index contributed by atoms with van der Waals surface area (Å²) < 4.78 is 25.4. The molecule has 0 amide bonds. The van der Waals surface area contributed by atoms with Gasteiger partial charge in [0.15, 0.2) is 22.6 Å². The van der Waals surface area contributed by atoms with Crippen LogP contribution in [0, 0.1) is 0 Å². The Morgan fingerprint density at radius 3 is 0.800 bits per heavy atom. The quantitative estimate of drug-likeness (QED) is 0.0988. The smallest absolute Gasteiger partial charge is 0.328 e. The van der Waals surface area contributed by atoms with Gasteiger partial charge in [0.05, 0.1) is 0 Å². The third kappa shape index (κ3) is 9.32. The summed E-state index contributed by atoms with van der Waals surface area (Å²) in [5.74, 6) is 1.76. The molecule has 0 aliphatic carbocycles. The molecule has 0 unspecified atom stereocenters. The van der Waals surface area contributed by atoms with Gasteiger partial charge >= 0.3 is 24.0 Å². The van der Waals surface area contributed by atoms with E-state index in [2.05, 4.69) is 58.5 Å². The van der Waals surface area contributed by atoms with Crippen molar-refractivity contribution in [1.82, 2.24) is 29.9 Å². The van der Waals surface area contributed by atoms with Gasteiger partial charge in [-0.1, -0.05) is 170 Å². The van der Waals surface area contributed by atoms with Crippen LogP contribution in [-0.2, 0) is 0 Å². The summed E-state index contributed by atoms with van der Waals surface area (Å²) in [6, 6.07) is 66.7. The minimum atomic E-state index is -1.24. The molecule has 12 heteroatoms. The second kappa shape index (κ2) is 18.5. The molecule has 0 spiro atoms. The first-order valence-electron chi connectivity index (χ1n) is 18.9. The van der Waals surface area contributed by atoms with Crippen LogP contribution in [0.1, 0.15) is 0 Å². The van der Waals surface area contributed by atoms with Gasteiger partial charge in [-0.15, -0.1) is 9.97 Å². The van der Waals surface area contributed by atoms with Crippen LogP contribution in [-0.4, -0.2) is 29.9 Å². The number of hydrogen-bond donors (Lipinski definition) is 0. The van der Waals surface area contributed by atoms with Crippen LogP contribution < -0.4 is 51.3 Å². The number of para-hydroxylation sites is 4. The first kappa shape index (κ1) is 38.2. The van der Waals surface area contributed by atoms with E-state index in [1.54, 1.807) is 12.1 Å². The monoisotopic (exact) mass is 820 g/mol. The van der Waals surface area contributed by atoms with E-state index in [0.717, 1.165) is 21.2 Å². The Morgan fingerprint density at radius 1 is 0.250 bits per heavy atom. The Morgan fingerprint density at radius 2 is 0.500 bits per heavy atom. The van der Waals surface area contributed by atoms with Crippen molar-refractivity contribution in [2.75, 3.05) is 0 Å². The number of ether oxygens (including phenoxy) is 4. The molecule has 2 heterocycles. The molecule has 0 saturated carbocycles. The molecule has 9 rings (SSSR count). The Balaban J connectivity index is 1.11. The van der Waals surface area contributed by atoms with Gasteiger partial charge in [-0.25, -0.2) is 0 Å². The average molecular weight is 821 g/mol. The van der Waals surface area contributed by atoms with E-state index >= 15 is 0 Å². The summed E-state index contributed by atoms with van der Waals surface area (Å²) in [7, 11) is -2.48. The second-order valence-electron chi connectivity index (χ2n) is 12.9. The van der Waals surface area contributed by atoms with Crippen molar-refractivity contribution in [2.24, 2.45) is 0 Å². The SMILES string of the molecule is c1ccc(Oc2nc(Oc3ccccc3Oc3nc(Oc4ccccc4)nc(P(c4ccccc4)c4ccccc4)n3)nc(P(c3ccccc3)c3ccccc3)n2)cc1. The second-order valence-corrected chi connectivity index (χ2v) is 17.1. The van der Waals surface area contributed by atoms with E-state index in [1.807, 2.05) is 146 Å². The van der Waals surface area contributed by atoms with E-state index in [9.17, 15) is 0 Å². The lowest BCUT2D eigenvalue weighted by molar-refractivity contribution is 0.364. The van der Waals surface area contributed by atoms with Crippen LogP contribution in [0.5, 0.6) is 47.0 Å². The third-order valence-electron chi connectivity index (χ3n) is 8.78. The zero-order valence-electron chi connectivity index (χ0n) is 31.8. The fourth-order valence-electron chi connectivity index (χ4n) is 6.11. The summed E-state index contributed by atoms with van der Waals surface area (Å²) in [4.78, 5) is 28.9. The van der Waals surface area contributed by atoms with Crippen LogP contribution >= 0.6 is 15.8 Å². The molecule has 0 saturated heterocycles. The van der Waals surface area contributed by atoms with Crippen LogP contribution in [0.3, 0.4) is 0 Å². The van der Waals surface area contributed by atoms with Gasteiger partial charge in [-0.3, -0.25) is 0 Å². The molecule has 7 aromatic carbocycles. The predicted molar refractivity (Wildman–Crippen MR) is 237 cm³/mol. The van der Waals surface area contributed by atoms with Crippen molar-refractivity contribution in [2.45, 2.75) is 0 Å². The van der Waals surface area contributed by atoms with Crippen molar-refractivity contribution in [3.8, 4) is 47.0 Å². The Hall–Kier alpha value is -7.38. The fourth-order valence-corrected chi connectivity index (χ4v) is 10.3. The molecule has 0 aliphatic rings. The van der Waals surface area contributed by atoms with Gasteiger partial charge in [0.2, 0.25) is 0 Å². The molecule has 10 nitrogen and oxygen atoms in total. The Kier molecular flexibility index (Phi) is 11.7. The molecule has 0 bridgehead atoms. The molecule has 0 radical (unpaired) electrons. The van der Waals surface area contributed by atoms with Gasteiger partial charge in [-0.2, -0.15) is 19.9 Å². The number of nitrogens with zero attached hydrogens (tertiary/aromatic N) is 6. The minimum Gasteiger partial charge on any atom is -0.424 e. The molecule has 9 aromatic rings. The highest BCUT2D eigenvalue weighted by atomic mass is 31.1. The fraction of sp³-hybridized carbons (Fsp3) is 0. The van der Waals surface area contributed by atoms with Crippen LogP contribution in [0.4, 0.5) is 0 Å². The molecule has 0 aliphatic heterocycles. The maximum Gasteiger partial charge on any atom is 0.328 e. The molecule has 0 N–H and O–H groups in total. The lowest BCUT2D eigenvalue weighted by Gasteiger charge is -2.19. The highest BCUT2D eigenvalue weighted by Crippen LogP contribution is 2.37. The molecule has 0 fully saturated rings. The van der Waals surface area contributed by atoms with Crippen molar-refractivity contribution in [3.05, 3.63) is 206 Å². The zero-order valence-corrected chi connectivity index (χ0v) is 33.6. The number of aromatic nitrogens is 6. The van der Waals surface area contributed by atoms with Gasteiger partial charge in [-0.05, 0) is 57.6 Å². The maximum absolute atomic E-state index is 6.51. The molecular weight excluding hydrogens is 787 g/mol. The Labute approximate surface area is 349 Å². The molecule has 290 valence electrons. The molecular formula is C48H34N6O4P2. The number of rotatable bonds is 14. The largest absolute Gasteiger partial charge is 0.424 e. The lowest BCUT2D eigenvalue weighted by Crippen LogP contribution is -2.26. The molecule has 0 atom stereocenters. The van der Waals surface area contributed by atoms with E-state index < -0.39 is 15.8 Å². The van der Waals surface area contributed by atoms with Crippen LogP contribution in [0.15, 0.2) is 206 Å². The molecule has 60 heavy (non-hydrogen) atoms. The maximum atomic E-state index is 6.51. The van der Waals surface area contributed by atoms with Crippen LogP contribution in [0.2, 0.25) is 0 Å². The lowest BCUT2D eigenvalue weighted by atomic mass is 10.3. The zero-order chi connectivity index (χ0) is 40.4. The summed E-state index contributed by atoms with van der Waals surface area (Å²) in [5, 5.41) is 4.21. The highest BCUT2D eigenvalue weighted by Gasteiger charge is 2.25. The first-order valence-corrected chi connectivity index (χ1v) is 21.6. The predicted octanol–water partition coefficient (Wildman–Crippen LogP) is 8.74. The first-order chi connectivity index (χ1) is 29.7. The van der Waals surface area contributed by atoms with Crippen molar-refractivity contribution < 1.29 is 18.9 Å². The van der Waals surface area contributed by atoms with Gasteiger partial charge < -0.3 is 18.9 Å². The Bertz CT molecular complexity index is 2510. The van der Waals surface area contributed by atoms with E-state index in [-0.39, 0.29) is 24.0 Å². The summed E-state index contributed by atoms with van der Waals surface area (Å²) >= 11 is 0. The number of hydrogen-bond acceptors (Lipinski definition) is 10. The molecule has 2 aromatic heterocycles. The van der Waals surface area contributed by atoms with Gasteiger partial charge in [0, 0.05) is 15.8 Å². The van der Waals surface area contributed by atoms with Gasteiger partial charge in [0.25, 0.3) is 0 Å². The van der Waals surface area contributed by atoms with E-state index in [0.29, 0.717) is 34.1 Å². The standard InChI is InChI=1S/C48H34N6O4P2/c1-7-21-35(22-8-1)55-43-49-45(53-47(51-43)59(37-25-11-3-12-26-37)38-27-13-4-14-28-38)57-41-33-19-20-34-42(41)58-46-50-44(56-36-23-9-2-10-24-36)52-48(54-46)60(39-29-15-5-16-30-39)40-31-17-6-18-32-40/h1-34H. The number of benzene rings is 7. The summed E-state index contributed by atoms with van der Waals surface area (Å²) in [6.07, 6.45) is 0. The summed E-state index contributed by atoms with van der Waals surface area (Å²) in [6.45, 7) is 0. The normalized spacial score (nSPS) is 11.0. The van der Waals surface area contributed by atoms with E-state index in [4.69, 9.17) is 38.9 Å². The van der Waals surface area contributed by atoms with Crippen molar-refractivity contribution >= 4 is 48.2 Å². The van der Waals surface area contributed by atoms with E-state index in [1.165, 1.54) is 0 Å². The topological polar surface area (TPSA) is 114 Å². The average Bonchev–Trinajstić information content (AvgIpc) is 3.29. The van der Waals surface area contributed by atoms with Crippen molar-refractivity contribution in [1.29, 1.82) is 0 Å². The highest BCUT2D eigenvalue weighted by molar-refractivity contribution is 7.79. The third-order valence-corrected chi connectivity index (χ3v) is 13.2. The van der Waals surface area contributed by atoms with Gasteiger partial charge in [0.1, 0.15) is 11.5 Å². The van der Waals surface area contributed by atoms with Crippen LogP contribution in [0.25, 0.3) is 0 Å². The van der Waals surface area contributed by atoms with Crippen molar-refractivity contribution in [3.63, 3.8) is 0 Å².